The minimum Gasteiger partial charge on any atom is -0.327 e. The average Bonchev–Trinajstić information content (AvgIpc) is 2.78. The van der Waals surface area contributed by atoms with Crippen LogP contribution in [0, 0.1) is 23.0 Å². The first kappa shape index (κ1) is 12.3. The van der Waals surface area contributed by atoms with E-state index >= 15 is 0 Å². The minimum absolute atomic E-state index is 0.0993. The number of hydrogen-bond donors (Lipinski definition) is 0. The summed E-state index contributed by atoms with van der Waals surface area (Å²) in [5.41, 5.74) is 1.90. The summed E-state index contributed by atoms with van der Waals surface area (Å²) in [5.74, 6) is -0.733. The first-order chi connectivity index (χ1) is 9.60. The molecule has 1 aromatic heterocycles. The van der Waals surface area contributed by atoms with Crippen molar-refractivity contribution in [2.24, 2.45) is 7.05 Å². The minimum atomic E-state index is -0.537. The van der Waals surface area contributed by atoms with E-state index in [9.17, 15) is 8.78 Å². The maximum atomic E-state index is 13.8. The van der Waals surface area contributed by atoms with Gasteiger partial charge in [-0.3, -0.25) is 0 Å². The van der Waals surface area contributed by atoms with E-state index in [0.717, 1.165) is 23.7 Å². The Morgan fingerprint density at radius 2 is 1.95 bits per heavy atom. The molecule has 0 aliphatic heterocycles. The summed E-state index contributed by atoms with van der Waals surface area (Å²) >= 11 is 0. The third kappa shape index (κ3) is 1.82. The van der Waals surface area contributed by atoms with Gasteiger partial charge in [0.15, 0.2) is 0 Å². The van der Waals surface area contributed by atoms with Crippen molar-refractivity contribution in [2.75, 3.05) is 0 Å². The average molecular weight is 269 g/mol. The lowest BCUT2D eigenvalue weighted by Crippen LogP contribution is -1.95. The van der Waals surface area contributed by atoms with Gasteiger partial charge in [-0.05, 0) is 36.4 Å². The fraction of sp³-hybridized carbons (Fsp3) is 0.0667. The third-order valence-corrected chi connectivity index (χ3v) is 3.18. The number of nitriles is 1. The zero-order valence-corrected chi connectivity index (χ0v) is 10.6. The van der Waals surface area contributed by atoms with Crippen molar-refractivity contribution in [3.63, 3.8) is 0 Å². The van der Waals surface area contributed by atoms with Crippen LogP contribution in [0.3, 0.4) is 0 Å². The second-order valence-corrected chi connectivity index (χ2v) is 4.43. The van der Waals surface area contributed by atoms with Gasteiger partial charge < -0.3 is 4.57 Å². The molecular weight excluding hydrogens is 260 g/mol. The van der Waals surface area contributed by atoms with Crippen LogP contribution in [0.2, 0.25) is 0 Å². The topological polar surface area (TPSA) is 41.6 Å². The Kier molecular flexibility index (Phi) is 2.72. The van der Waals surface area contributed by atoms with Crippen LogP contribution >= 0.6 is 0 Å². The highest BCUT2D eigenvalue weighted by atomic mass is 19.1. The van der Waals surface area contributed by atoms with Gasteiger partial charge in [0.25, 0.3) is 0 Å². The molecular formula is C15H9F2N3. The van der Waals surface area contributed by atoms with Gasteiger partial charge in [0.2, 0.25) is 0 Å². The van der Waals surface area contributed by atoms with Crippen LogP contribution in [0.25, 0.3) is 22.4 Å². The Hall–Kier alpha value is -2.74. The molecule has 0 aliphatic rings. The van der Waals surface area contributed by atoms with E-state index in [1.54, 1.807) is 29.8 Å². The van der Waals surface area contributed by atoms with Crippen LogP contribution in [0.4, 0.5) is 8.78 Å². The van der Waals surface area contributed by atoms with Crippen molar-refractivity contribution in [1.29, 1.82) is 5.26 Å². The van der Waals surface area contributed by atoms with E-state index in [0.29, 0.717) is 16.9 Å². The van der Waals surface area contributed by atoms with E-state index in [1.165, 1.54) is 0 Å². The zero-order valence-electron chi connectivity index (χ0n) is 10.6. The van der Waals surface area contributed by atoms with E-state index in [1.807, 2.05) is 6.07 Å². The molecule has 0 saturated heterocycles. The molecule has 0 saturated carbocycles. The van der Waals surface area contributed by atoms with Gasteiger partial charge in [0, 0.05) is 7.05 Å². The molecule has 3 aromatic rings. The molecule has 0 spiro atoms. The molecule has 0 atom stereocenters. The Bertz CT molecular complexity index is 859. The SMILES string of the molecule is Cn1c(-c2cc(F)ccc2F)nc2cc(C#N)ccc21. The van der Waals surface area contributed by atoms with Gasteiger partial charge in [-0.2, -0.15) is 5.26 Å². The monoisotopic (exact) mass is 269 g/mol. The maximum Gasteiger partial charge on any atom is 0.143 e. The molecule has 0 bridgehead atoms. The first-order valence-electron chi connectivity index (χ1n) is 5.92. The fourth-order valence-electron chi connectivity index (χ4n) is 2.18. The molecule has 0 aliphatic carbocycles. The number of imidazole rings is 1. The molecule has 2 aromatic carbocycles. The smallest absolute Gasteiger partial charge is 0.143 e. The summed E-state index contributed by atoms with van der Waals surface area (Å²) in [6.07, 6.45) is 0. The second kappa shape index (κ2) is 4.42. The van der Waals surface area contributed by atoms with Crippen molar-refractivity contribution in [3.05, 3.63) is 53.6 Å². The molecule has 98 valence electrons. The molecule has 0 amide bonds. The van der Waals surface area contributed by atoms with Crippen molar-refractivity contribution < 1.29 is 8.78 Å². The van der Waals surface area contributed by atoms with Gasteiger partial charge in [0.1, 0.15) is 17.5 Å². The number of fused-ring (bicyclic) bond motifs is 1. The standard InChI is InChI=1S/C15H9F2N3/c1-20-14-5-2-9(8-18)6-13(14)19-15(20)11-7-10(16)3-4-12(11)17/h2-7H,1H3. The van der Waals surface area contributed by atoms with E-state index in [4.69, 9.17) is 5.26 Å². The normalized spacial score (nSPS) is 10.7. The number of hydrogen-bond acceptors (Lipinski definition) is 2. The van der Waals surface area contributed by atoms with Gasteiger partial charge in [-0.15, -0.1) is 0 Å². The van der Waals surface area contributed by atoms with Gasteiger partial charge >= 0.3 is 0 Å². The molecule has 3 rings (SSSR count). The lowest BCUT2D eigenvalue weighted by molar-refractivity contribution is 0.601. The van der Waals surface area contributed by atoms with Crippen molar-refractivity contribution >= 4 is 11.0 Å². The molecule has 3 nitrogen and oxygen atoms in total. The van der Waals surface area contributed by atoms with Crippen molar-refractivity contribution in [2.45, 2.75) is 0 Å². The molecule has 5 heteroatoms. The molecule has 0 fully saturated rings. The molecule has 0 radical (unpaired) electrons. The predicted octanol–water partition coefficient (Wildman–Crippen LogP) is 3.39. The van der Waals surface area contributed by atoms with E-state index in [2.05, 4.69) is 4.98 Å². The summed E-state index contributed by atoms with van der Waals surface area (Å²) in [7, 11) is 1.72. The number of nitrogens with zero attached hydrogens (tertiary/aromatic N) is 3. The Balaban J connectivity index is 2.29. The van der Waals surface area contributed by atoms with Crippen LogP contribution in [-0.4, -0.2) is 9.55 Å². The third-order valence-electron chi connectivity index (χ3n) is 3.18. The van der Waals surface area contributed by atoms with Crippen LogP contribution < -0.4 is 0 Å². The summed E-state index contributed by atoms with van der Waals surface area (Å²) in [6.45, 7) is 0. The van der Waals surface area contributed by atoms with Crippen LogP contribution in [0.5, 0.6) is 0 Å². The highest BCUT2D eigenvalue weighted by Crippen LogP contribution is 2.26. The number of rotatable bonds is 1. The van der Waals surface area contributed by atoms with Gasteiger partial charge in [-0.1, -0.05) is 0 Å². The summed E-state index contributed by atoms with van der Waals surface area (Å²) < 4.78 is 28.8. The second-order valence-electron chi connectivity index (χ2n) is 4.43. The van der Waals surface area contributed by atoms with Crippen molar-refractivity contribution in [3.8, 4) is 17.5 Å². The van der Waals surface area contributed by atoms with E-state index in [-0.39, 0.29) is 5.56 Å². The molecule has 1 heterocycles. The lowest BCUT2D eigenvalue weighted by atomic mass is 10.2. The fourth-order valence-corrected chi connectivity index (χ4v) is 2.18. The van der Waals surface area contributed by atoms with Crippen LogP contribution in [-0.2, 0) is 7.05 Å². The Morgan fingerprint density at radius 3 is 2.70 bits per heavy atom. The first-order valence-corrected chi connectivity index (χ1v) is 5.92. The molecule has 0 N–H and O–H groups in total. The summed E-state index contributed by atoms with van der Waals surface area (Å²) in [4.78, 5) is 4.30. The maximum absolute atomic E-state index is 13.8. The van der Waals surface area contributed by atoms with Gasteiger partial charge in [-0.25, -0.2) is 13.8 Å². The molecule has 0 unspecified atom stereocenters. The quantitative estimate of drug-likeness (QED) is 0.679. The zero-order chi connectivity index (χ0) is 14.3. The van der Waals surface area contributed by atoms with Gasteiger partial charge in [0.05, 0.1) is 28.2 Å². The predicted molar refractivity (Wildman–Crippen MR) is 70.8 cm³/mol. The Morgan fingerprint density at radius 1 is 1.15 bits per heavy atom. The van der Waals surface area contributed by atoms with E-state index < -0.39 is 11.6 Å². The molecule has 20 heavy (non-hydrogen) atoms. The lowest BCUT2D eigenvalue weighted by Gasteiger charge is -2.04. The number of halogens is 2. The Labute approximate surface area is 113 Å². The highest BCUT2D eigenvalue weighted by molar-refractivity contribution is 5.81. The number of aryl methyl sites for hydroxylation is 1. The van der Waals surface area contributed by atoms with Crippen molar-refractivity contribution in [1.82, 2.24) is 9.55 Å². The largest absolute Gasteiger partial charge is 0.327 e. The van der Waals surface area contributed by atoms with Crippen LogP contribution in [0.15, 0.2) is 36.4 Å². The summed E-state index contributed by atoms with van der Waals surface area (Å²) in [5, 5.41) is 8.88. The van der Waals surface area contributed by atoms with Crippen LogP contribution in [0.1, 0.15) is 5.56 Å². The number of aromatic nitrogens is 2. The summed E-state index contributed by atoms with van der Waals surface area (Å²) in [6, 6.07) is 10.3. The highest BCUT2D eigenvalue weighted by Gasteiger charge is 2.14. The number of benzene rings is 2.